The predicted molar refractivity (Wildman–Crippen MR) is 117 cm³/mol. The van der Waals surface area contributed by atoms with Gasteiger partial charge in [0, 0.05) is 17.1 Å². The standard InChI is InChI=1S/C20H23N3O5S2/c1-20(8-9-29-19(21)23-20)12-6-4-11(5-7-12)16(24)22-13-10-30-15(18(26)28-3)14(13)17(25)27-2/h4-7,13H,8-10H2,1-3H3,(H2,21,23)(H,22,24). The fraction of sp³-hybridized carbons (Fsp3) is 0.400. The average Bonchev–Trinajstić information content (AvgIpc) is 3.16. The molecule has 0 spiro atoms. The van der Waals surface area contributed by atoms with Gasteiger partial charge in [0.1, 0.15) is 4.91 Å². The number of amidine groups is 1. The van der Waals surface area contributed by atoms with Crippen molar-refractivity contribution in [1.82, 2.24) is 5.32 Å². The Bertz CT molecular complexity index is 929. The molecule has 1 amide bonds. The number of nitrogens with zero attached hydrogens (tertiary/aromatic N) is 1. The zero-order valence-electron chi connectivity index (χ0n) is 16.9. The molecule has 1 aromatic rings. The van der Waals surface area contributed by atoms with Crippen molar-refractivity contribution in [3.8, 4) is 0 Å². The fourth-order valence-corrected chi connectivity index (χ4v) is 5.46. The topological polar surface area (TPSA) is 120 Å². The molecule has 30 heavy (non-hydrogen) atoms. The molecule has 2 aliphatic rings. The van der Waals surface area contributed by atoms with E-state index in [0.717, 1.165) is 29.5 Å². The summed E-state index contributed by atoms with van der Waals surface area (Å²) in [7, 11) is 2.46. The van der Waals surface area contributed by atoms with Gasteiger partial charge in [-0.25, -0.2) is 9.59 Å². The first-order valence-electron chi connectivity index (χ1n) is 9.22. The molecule has 10 heteroatoms. The van der Waals surface area contributed by atoms with Gasteiger partial charge < -0.3 is 20.5 Å². The Balaban J connectivity index is 1.77. The summed E-state index contributed by atoms with van der Waals surface area (Å²) < 4.78 is 9.51. The second-order valence-corrected chi connectivity index (χ2v) is 9.11. The van der Waals surface area contributed by atoms with E-state index in [1.807, 2.05) is 19.1 Å². The number of rotatable bonds is 5. The molecule has 2 heterocycles. The van der Waals surface area contributed by atoms with Crippen molar-refractivity contribution >= 4 is 46.5 Å². The van der Waals surface area contributed by atoms with Crippen LogP contribution in [0.4, 0.5) is 0 Å². The molecule has 160 valence electrons. The molecule has 3 N–H and O–H groups in total. The maximum atomic E-state index is 12.8. The highest BCUT2D eigenvalue weighted by atomic mass is 32.2. The van der Waals surface area contributed by atoms with Crippen LogP contribution in [0, 0.1) is 0 Å². The lowest BCUT2D eigenvalue weighted by atomic mass is 9.89. The number of aliphatic imine (C=N–C) groups is 1. The monoisotopic (exact) mass is 449 g/mol. The minimum Gasteiger partial charge on any atom is -0.466 e. The summed E-state index contributed by atoms with van der Waals surface area (Å²) in [5.41, 5.74) is 6.98. The third kappa shape index (κ3) is 4.49. The van der Waals surface area contributed by atoms with Crippen LogP contribution in [0.25, 0.3) is 0 Å². The molecular formula is C20H23N3O5S2. The molecule has 0 bridgehead atoms. The number of carbonyl (C=O) groups is 3. The van der Waals surface area contributed by atoms with E-state index in [0.29, 0.717) is 16.5 Å². The van der Waals surface area contributed by atoms with Crippen LogP contribution < -0.4 is 11.1 Å². The Hall–Kier alpha value is -2.46. The smallest absolute Gasteiger partial charge is 0.344 e. The Kier molecular flexibility index (Phi) is 6.77. The van der Waals surface area contributed by atoms with E-state index in [-0.39, 0.29) is 16.4 Å². The highest BCUT2D eigenvalue weighted by Crippen LogP contribution is 2.35. The van der Waals surface area contributed by atoms with Crippen LogP contribution in [-0.4, -0.2) is 54.8 Å². The third-order valence-electron chi connectivity index (χ3n) is 5.03. The highest BCUT2D eigenvalue weighted by molar-refractivity contribution is 8.13. The van der Waals surface area contributed by atoms with Gasteiger partial charge in [-0.1, -0.05) is 23.9 Å². The maximum absolute atomic E-state index is 12.8. The predicted octanol–water partition coefficient (Wildman–Crippen LogP) is 1.80. The van der Waals surface area contributed by atoms with Crippen molar-refractivity contribution in [2.45, 2.75) is 24.9 Å². The number of nitrogens with one attached hydrogen (secondary N) is 1. The molecule has 2 atom stereocenters. The average molecular weight is 450 g/mol. The first-order chi connectivity index (χ1) is 14.3. The van der Waals surface area contributed by atoms with Crippen LogP contribution in [0.15, 0.2) is 39.7 Å². The van der Waals surface area contributed by atoms with Crippen LogP contribution in [-0.2, 0) is 24.6 Å². The van der Waals surface area contributed by atoms with Gasteiger partial charge in [-0.05, 0) is 31.0 Å². The molecule has 8 nitrogen and oxygen atoms in total. The van der Waals surface area contributed by atoms with Crippen molar-refractivity contribution in [3.05, 3.63) is 45.9 Å². The van der Waals surface area contributed by atoms with E-state index in [4.69, 9.17) is 15.2 Å². The summed E-state index contributed by atoms with van der Waals surface area (Å²) in [5, 5.41) is 3.37. The van der Waals surface area contributed by atoms with Crippen molar-refractivity contribution in [1.29, 1.82) is 0 Å². The lowest BCUT2D eigenvalue weighted by Gasteiger charge is -2.29. The number of hydrogen-bond acceptors (Lipinski definition) is 9. The second kappa shape index (κ2) is 9.13. The number of carbonyl (C=O) groups excluding carboxylic acids is 3. The van der Waals surface area contributed by atoms with E-state index in [9.17, 15) is 14.4 Å². The quantitative estimate of drug-likeness (QED) is 0.653. The molecule has 0 aromatic heterocycles. The Morgan fingerprint density at radius 2 is 1.80 bits per heavy atom. The van der Waals surface area contributed by atoms with E-state index in [1.54, 1.807) is 12.1 Å². The zero-order chi connectivity index (χ0) is 21.9. The number of esters is 2. The lowest BCUT2D eigenvalue weighted by Crippen LogP contribution is -2.39. The van der Waals surface area contributed by atoms with Crippen LogP contribution >= 0.6 is 23.5 Å². The van der Waals surface area contributed by atoms with Gasteiger partial charge in [-0.15, -0.1) is 11.8 Å². The van der Waals surface area contributed by atoms with Gasteiger partial charge in [0.15, 0.2) is 5.17 Å². The molecule has 3 rings (SSSR count). The molecule has 0 aliphatic carbocycles. The van der Waals surface area contributed by atoms with Gasteiger partial charge in [0.25, 0.3) is 5.91 Å². The van der Waals surface area contributed by atoms with E-state index in [1.165, 1.54) is 26.0 Å². The molecule has 2 aliphatic heterocycles. The van der Waals surface area contributed by atoms with Gasteiger partial charge in [0.2, 0.25) is 0 Å². The van der Waals surface area contributed by atoms with Gasteiger partial charge >= 0.3 is 11.9 Å². The SMILES string of the molecule is COC(=O)C1=C(C(=O)OC)C(NC(=O)c2ccc(C3(C)CCSC(N)=N3)cc2)CS1. The van der Waals surface area contributed by atoms with Crippen molar-refractivity contribution in [3.63, 3.8) is 0 Å². The first kappa shape index (κ1) is 22.2. The van der Waals surface area contributed by atoms with Crippen molar-refractivity contribution < 1.29 is 23.9 Å². The van der Waals surface area contributed by atoms with Crippen molar-refractivity contribution in [2.75, 3.05) is 25.7 Å². The Labute approximate surface area is 183 Å². The van der Waals surface area contributed by atoms with Crippen LogP contribution in [0.5, 0.6) is 0 Å². The summed E-state index contributed by atoms with van der Waals surface area (Å²) >= 11 is 2.69. The minimum atomic E-state index is -0.667. The number of ether oxygens (including phenoxy) is 2. The number of hydrogen-bond donors (Lipinski definition) is 2. The molecule has 2 unspecified atom stereocenters. The Morgan fingerprint density at radius 3 is 2.40 bits per heavy atom. The molecule has 1 aromatic carbocycles. The van der Waals surface area contributed by atoms with E-state index in [2.05, 4.69) is 10.3 Å². The maximum Gasteiger partial charge on any atom is 0.344 e. The molecule has 0 radical (unpaired) electrons. The number of amides is 1. The summed E-state index contributed by atoms with van der Waals surface area (Å²) in [4.78, 5) is 41.6. The largest absolute Gasteiger partial charge is 0.466 e. The fourth-order valence-electron chi connectivity index (χ4n) is 3.32. The molecule has 0 saturated carbocycles. The summed E-state index contributed by atoms with van der Waals surface area (Å²) in [6.07, 6.45) is 0.854. The normalized spacial score (nSPS) is 23.6. The first-order valence-corrected chi connectivity index (χ1v) is 11.2. The number of thioether (sulfide) groups is 2. The Morgan fingerprint density at radius 1 is 1.13 bits per heavy atom. The van der Waals surface area contributed by atoms with Crippen LogP contribution in [0.1, 0.15) is 29.3 Å². The molecule has 0 fully saturated rings. The van der Waals surface area contributed by atoms with Crippen LogP contribution in [0.3, 0.4) is 0 Å². The van der Waals surface area contributed by atoms with Gasteiger partial charge in [-0.3, -0.25) is 9.79 Å². The summed E-state index contributed by atoms with van der Waals surface area (Å²) in [6, 6.07) is 6.51. The number of methoxy groups -OCH3 is 2. The summed E-state index contributed by atoms with van der Waals surface area (Å²) in [5.74, 6) is -0.423. The third-order valence-corrected chi connectivity index (χ3v) is 7.00. The lowest BCUT2D eigenvalue weighted by molar-refractivity contribution is -0.138. The number of benzene rings is 1. The van der Waals surface area contributed by atoms with Crippen molar-refractivity contribution in [2.24, 2.45) is 10.7 Å². The van der Waals surface area contributed by atoms with E-state index >= 15 is 0 Å². The van der Waals surface area contributed by atoms with Gasteiger partial charge in [-0.2, -0.15) is 0 Å². The van der Waals surface area contributed by atoms with Gasteiger partial charge in [0.05, 0.1) is 31.4 Å². The molecular weight excluding hydrogens is 426 g/mol. The van der Waals surface area contributed by atoms with E-state index < -0.39 is 23.5 Å². The molecule has 0 saturated heterocycles. The highest BCUT2D eigenvalue weighted by Gasteiger charge is 2.37. The summed E-state index contributed by atoms with van der Waals surface area (Å²) in [6.45, 7) is 2.02. The van der Waals surface area contributed by atoms with Crippen LogP contribution in [0.2, 0.25) is 0 Å². The minimum absolute atomic E-state index is 0.108. The number of nitrogens with two attached hydrogens (primary N) is 1. The zero-order valence-corrected chi connectivity index (χ0v) is 18.5. The second-order valence-electron chi connectivity index (χ2n) is 6.96.